The highest BCUT2D eigenvalue weighted by Crippen LogP contribution is 2.30. The Labute approximate surface area is 173 Å². The van der Waals surface area contributed by atoms with Gasteiger partial charge in [-0.25, -0.2) is 4.99 Å². The lowest BCUT2D eigenvalue weighted by atomic mass is 9.85. The molecule has 0 bridgehead atoms. The Kier molecular flexibility index (Phi) is 4.96. The normalized spacial score (nSPS) is 25.3. The smallest absolute Gasteiger partial charge is 0.251 e. The number of hydrogen-bond acceptors (Lipinski definition) is 3. The van der Waals surface area contributed by atoms with Gasteiger partial charge in [-0.2, -0.15) is 0 Å². The first kappa shape index (κ1) is 19.3. The summed E-state index contributed by atoms with van der Waals surface area (Å²) in [5.41, 5.74) is 3.61. The van der Waals surface area contributed by atoms with Crippen molar-refractivity contribution in [1.29, 1.82) is 0 Å². The zero-order chi connectivity index (χ0) is 20.7. The highest BCUT2D eigenvalue weighted by atomic mass is 35.5. The van der Waals surface area contributed by atoms with E-state index in [0.29, 0.717) is 22.0 Å². The minimum absolute atomic E-state index is 0.00444. The lowest BCUT2D eigenvalue weighted by molar-refractivity contribution is -0.123. The van der Waals surface area contributed by atoms with Gasteiger partial charge in [0.25, 0.3) is 11.8 Å². The third-order valence-corrected chi connectivity index (χ3v) is 5.86. The minimum Gasteiger partial charge on any atom is -0.325 e. The minimum atomic E-state index is -0.500. The number of benzene rings is 1. The fourth-order valence-corrected chi connectivity index (χ4v) is 3.88. The Morgan fingerprint density at radius 2 is 1.93 bits per heavy atom. The Morgan fingerprint density at radius 3 is 2.66 bits per heavy atom. The summed E-state index contributed by atoms with van der Waals surface area (Å²) < 4.78 is 0. The molecule has 2 heterocycles. The van der Waals surface area contributed by atoms with Crippen molar-refractivity contribution >= 4 is 40.7 Å². The van der Waals surface area contributed by atoms with Gasteiger partial charge < -0.3 is 10.2 Å². The summed E-state index contributed by atoms with van der Waals surface area (Å²) in [6.45, 7) is 4.02. The van der Waals surface area contributed by atoms with Crippen LogP contribution in [0.2, 0.25) is 5.02 Å². The number of amides is 3. The van der Waals surface area contributed by atoms with Gasteiger partial charge >= 0.3 is 0 Å². The van der Waals surface area contributed by atoms with Gasteiger partial charge in [0.1, 0.15) is 0 Å². The topological polar surface area (TPSA) is 78.8 Å². The maximum atomic E-state index is 12.7. The molecule has 2 atom stereocenters. The maximum Gasteiger partial charge on any atom is 0.251 e. The number of carbonyl (C=O) groups excluding carboxylic acids is 3. The SMILES string of the molecule is CC1=C(C)C2C=CC(=NC(=O)C3CC(=O)N(c4ccc(Cl)cc4)C3)C=C2NC1=O. The first-order valence-corrected chi connectivity index (χ1v) is 9.78. The maximum absolute atomic E-state index is 12.7. The van der Waals surface area contributed by atoms with Gasteiger partial charge in [0.2, 0.25) is 5.91 Å². The molecule has 1 saturated heterocycles. The summed E-state index contributed by atoms with van der Waals surface area (Å²) in [4.78, 5) is 42.9. The molecule has 1 N–H and O–H groups in total. The van der Waals surface area contributed by atoms with E-state index in [1.165, 1.54) is 0 Å². The van der Waals surface area contributed by atoms with E-state index >= 15 is 0 Å². The van der Waals surface area contributed by atoms with Crippen molar-refractivity contribution < 1.29 is 14.4 Å². The van der Waals surface area contributed by atoms with Crippen LogP contribution in [0.15, 0.2) is 64.3 Å². The molecule has 3 aliphatic rings. The molecular formula is C22H20ClN3O3. The Hall–Kier alpha value is -2.99. The average Bonchev–Trinajstić information content (AvgIpc) is 3.08. The fraction of sp³-hybridized carbons (Fsp3) is 0.273. The van der Waals surface area contributed by atoms with Crippen LogP contribution in [0.5, 0.6) is 0 Å². The zero-order valence-corrected chi connectivity index (χ0v) is 16.9. The monoisotopic (exact) mass is 409 g/mol. The van der Waals surface area contributed by atoms with E-state index in [-0.39, 0.29) is 36.6 Å². The average molecular weight is 410 g/mol. The Morgan fingerprint density at radius 1 is 1.21 bits per heavy atom. The van der Waals surface area contributed by atoms with E-state index in [4.69, 9.17) is 11.6 Å². The molecule has 0 radical (unpaired) electrons. The number of carbonyl (C=O) groups is 3. The summed E-state index contributed by atoms with van der Waals surface area (Å²) in [6, 6.07) is 6.95. The second-order valence-corrected chi connectivity index (χ2v) is 7.89. The molecule has 148 valence electrons. The van der Waals surface area contributed by atoms with E-state index in [1.54, 1.807) is 48.2 Å². The molecule has 7 heteroatoms. The van der Waals surface area contributed by atoms with Crippen molar-refractivity contribution in [3.63, 3.8) is 0 Å². The van der Waals surface area contributed by atoms with Crippen molar-refractivity contribution in [2.45, 2.75) is 20.3 Å². The highest BCUT2D eigenvalue weighted by molar-refractivity contribution is 6.30. The van der Waals surface area contributed by atoms with E-state index in [9.17, 15) is 14.4 Å². The number of allylic oxidation sites excluding steroid dienone is 3. The molecule has 2 unspecified atom stereocenters. The largest absolute Gasteiger partial charge is 0.325 e. The molecular weight excluding hydrogens is 390 g/mol. The highest BCUT2D eigenvalue weighted by Gasteiger charge is 2.35. The molecule has 0 aromatic heterocycles. The van der Waals surface area contributed by atoms with Crippen LogP contribution < -0.4 is 10.2 Å². The van der Waals surface area contributed by atoms with Crippen molar-refractivity contribution in [1.82, 2.24) is 5.32 Å². The van der Waals surface area contributed by atoms with Crippen molar-refractivity contribution in [2.24, 2.45) is 16.8 Å². The molecule has 2 aliphatic heterocycles. The summed E-state index contributed by atoms with van der Waals surface area (Å²) >= 11 is 5.90. The summed E-state index contributed by atoms with van der Waals surface area (Å²) in [5, 5.41) is 3.45. The number of aliphatic imine (C=N–C) groups is 1. The number of anilines is 1. The van der Waals surface area contributed by atoms with Gasteiger partial charge in [-0.1, -0.05) is 23.3 Å². The summed E-state index contributed by atoms with van der Waals surface area (Å²) in [6.07, 6.45) is 5.57. The molecule has 0 saturated carbocycles. The first-order chi connectivity index (χ1) is 13.8. The second kappa shape index (κ2) is 7.44. The van der Waals surface area contributed by atoms with Crippen molar-refractivity contribution in [3.05, 3.63) is 64.4 Å². The van der Waals surface area contributed by atoms with Crippen LogP contribution in [-0.2, 0) is 14.4 Å². The predicted octanol–water partition coefficient (Wildman–Crippen LogP) is 3.20. The van der Waals surface area contributed by atoms with Crippen LogP contribution in [0.25, 0.3) is 0 Å². The number of fused-ring (bicyclic) bond motifs is 1. The van der Waals surface area contributed by atoms with Crippen molar-refractivity contribution in [2.75, 3.05) is 11.4 Å². The van der Waals surface area contributed by atoms with Crippen LogP contribution in [0.4, 0.5) is 5.69 Å². The van der Waals surface area contributed by atoms with E-state index < -0.39 is 5.92 Å². The molecule has 1 aromatic rings. The van der Waals surface area contributed by atoms with E-state index in [2.05, 4.69) is 10.3 Å². The summed E-state index contributed by atoms with van der Waals surface area (Å²) in [7, 11) is 0. The van der Waals surface area contributed by atoms with E-state index in [0.717, 1.165) is 11.3 Å². The van der Waals surface area contributed by atoms with Crippen LogP contribution in [-0.4, -0.2) is 30.0 Å². The fourth-order valence-electron chi connectivity index (χ4n) is 3.76. The summed E-state index contributed by atoms with van der Waals surface area (Å²) in [5.74, 6) is -1.09. The number of rotatable bonds is 2. The van der Waals surface area contributed by atoms with Gasteiger partial charge in [-0.05, 0) is 50.3 Å². The lowest BCUT2D eigenvalue weighted by Gasteiger charge is -2.28. The third kappa shape index (κ3) is 3.68. The number of hydrogen-bond donors (Lipinski definition) is 1. The molecule has 1 fully saturated rings. The van der Waals surface area contributed by atoms with Gasteiger partial charge in [0.15, 0.2) is 0 Å². The van der Waals surface area contributed by atoms with Gasteiger partial charge in [0, 0.05) is 40.9 Å². The van der Waals surface area contributed by atoms with Crippen molar-refractivity contribution in [3.8, 4) is 0 Å². The zero-order valence-electron chi connectivity index (χ0n) is 16.1. The third-order valence-electron chi connectivity index (χ3n) is 5.61. The Balaban J connectivity index is 1.50. The quantitative estimate of drug-likeness (QED) is 0.814. The Bertz CT molecular complexity index is 1030. The van der Waals surface area contributed by atoms with Gasteiger partial charge in [-0.15, -0.1) is 0 Å². The van der Waals surface area contributed by atoms with E-state index in [1.807, 2.05) is 13.0 Å². The number of nitrogens with zero attached hydrogens (tertiary/aromatic N) is 2. The van der Waals surface area contributed by atoms with Gasteiger partial charge in [-0.3, -0.25) is 14.4 Å². The molecule has 3 amide bonds. The lowest BCUT2D eigenvalue weighted by Crippen LogP contribution is -2.35. The van der Waals surface area contributed by atoms with Crippen LogP contribution >= 0.6 is 11.6 Å². The number of nitrogens with one attached hydrogen (secondary N) is 1. The predicted molar refractivity (Wildman–Crippen MR) is 112 cm³/mol. The second-order valence-electron chi connectivity index (χ2n) is 7.46. The molecule has 29 heavy (non-hydrogen) atoms. The van der Waals surface area contributed by atoms with Crippen LogP contribution in [0.3, 0.4) is 0 Å². The molecule has 4 rings (SSSR count). The molecule has 6 nitrogen and oxygen atoms in total. The van der Waals surface area contributed by atoms with Gasteiger partial charge in [0.05, 0.1) is 11.6 Å². The molecule has 0 spiro atoms. The molecule has 1 aromatic carbocycles. The standard InChI is InChI=1S/C22H20ClN3O3/c1-12-13(2)21(28)25-19-10-16(5-8-18(12)19)24-22(29)14-9-20(27)26(11-14)17-6-3-15(23)4-7-17/h3-8,10,14,18H,9,11H2,1-2H3,(H,25,28). The first-order valence-electron chi connectivity index (χ1n) is 9.40. The van der Waals surface area contributed by atoms with Crippen LogP contribution in [0.1, 0.15) is 20.3 Å². The molecule has 1 aliphatic carbocycles. The number of halogens is 1. The van der Waals surface area contributed by atoms with Crippen LogP contribution in [0, 0.1) is 11.8 Å².